The molecule has 0 aliphatic heterocycles. The zero-order valence-electron chi connectivity index (χ0n) is 5.62. The van der Waals surface area contributed by atoms with Crippen molar-refractivity contribution in [1.82, 2.24) is 9.38 Å². The molecule has 0 saturated carbocycles. The number of hydrogen-bond acceptors (Lipinski definition) is 3. The first-order chi connectivity index (χ1) is 5.66. The predicted molar refractivity (Wildman–Crippen MR) is 52.0 cm³/mol. The summed E-state index contributed by atoms with van der Waals surface area (Å²) in [5, 5.41) is 0.231. The molecule has 2 rings (SSSR count). The highest BCUT2D eigenvalue weighted by Gasteiger charge is 2.03. The average Bonchev–Trinajstić information content (AvgIpc) is 2.29. The van der Waals surface area contributed by atoms with E-state index < -0.39 is 0 Å². The molecule has 0 unspecified atom stereocenters. The van der Waals surface area contributed by atoms with Crippen molar-refractivity contribution in [3.63, 3.8) is 0 Å². The van der Waals surface area contributed by atoms with Gasteiger partial charge in [0.1, 0.15) is 5.15 Å². The molecule has 0 N–H and O–H groups in total. The Balaban J connectivity index is 2.98. The van der Waals surface area contributed by atoms with E-state index in [9.17, 15) is 4.79 Å². The molecule has 0 bridgehead atoms. The molecular formula is C6H2BrClN2OS. The van der Waals surface area contributed by atoms with Crippen LogP contribution in [0.1, 0.15) is 0 Å². The molecule has 0 atom stereocenters. The van der Waals surface area contributed by atoms with Gasteiger partial charge in [0.05, 0.1) is 3.79 Å². The Kier molecular flexibility index (Phi) is 1.94. The van der Waals surface area contributed by atoms with Gasteiger partial charge in [-0.2, -0.15) is 0 Å². The van der Waals surface area contributed by atoms with Crippen LogP contribution in [-0.4, -0.2) is 9.38 Å². The minimum Gasteiger partial charge on any atom is -0.269 e. The van der Waals surface area contributed by atoms with E-state index in [-0.39, 0.29) is 10.7 Å². The van der Waals surface area contributed by atoms with Crippen LogP contribution >= 0.6 is 38.9 Å². The molecule has 0 spiro atoms. The van der Waals surface area contributed by atoms with Crippen molar-refractivity contribution in [3.05, 3.63) is 31.6 Å². The van der Waals surface area contributed by atoms with Crippen molar-refractivity contribution in [1.29, 1.82) is 0 Å². The Morgan fingerprint density at radius 1 is 1.67 bits per heavy atom. The third-order valence-electron chi connectivity index (χ3n) is 1.31. The molecule has 3 nitrogen and oxygen atoms in total. The number of nitrogens with zero attached hydrogens (tertiary/aromatic N) is 2. The third-order valence-corrected chi connectivity index (χ3v) is 2.96. The van der Waals surface area contributed by atoms with Crippen molar-refractivity contribution in [2.45, 2.75) is 0 Å². The molecule has 2 aromatic rings. The Morgan fingerprint density at radius 2 is 2.42 bits per heavy atom. The highest BCUT2D eigenvalue weighted by Crippen LogP contribution is 2.20. The molecule has 0 saturated heterocycles. The van der Waals surface area contributed by atoms with Crippen LogP contribution in [0.15, 0.2) is 20.8 Å². The van der Waals surface area contributed by atoms with E-state index in [2.05, 4.69) is 20.9 Å². The van der Waals surface area contributed by atoms with E-state index in [0.29, 0.717) is 4.96 Å². The van der Waals surface area contributed by atoms with Crippen molar-refractivity contribution < 1.29 is 0 Å². The van der Waals surface area contributed by atoms with Gasteiger partial charge >= 0.3 is 0 Å². The standard InChI is InChI=1S/C6H2BrClN2OS/c7-3-2-10-5(11)1-4(8)9-6(10)12-3/h1-2H. The summed E-state index contributed by atoms with van der Waals surface area (Å²) in [4.78, 5) is 15.8. The van der Waals surface area contributed by atoms with Crippen molar-refractivity contribution in [3.8, 4) is 0 Å². The second-order valence-corrected chi connectivity index (χ2v) is 4.88. The molecule has 0 aromatic carbocycles. The molecule has 0 amide bonds. The van der Waals surface area contributed by atoms with E-state index in [1.165, 1.54) is 21.8 Å². The van der Waals surface area contributed by atoms with Gasteiger partial charge in [-0.15, -0.1) is 0 Å². The van der Waals surface area contributed by atoms with Gasteiger partial charge in [0.25, 0.3) is 5.56 Å². The summed E-state index contributed by atoms with van der Waals surface area (Å²) in [5.74, 6) is 0. The number of aromatic nitrogens is 2. The van der Waals surface area contributed by atoms with Crippen LogP contribution in [0.4, 0.5) is 0 Å². The fraction of sp³-hybridized carbons (Fsp3) is 0. The fourth-order valence-corrected chi connectivity index (χ4v) is 2.43. The lowest BCUT2D eigenvalue weighted by atomic mass is 10.6. The fourth-order valence-electron chi connectivity index (χ4n) is 0.849. The van der Waals surface area contributed by atoms with Crippen molar-refractivity contribution >= 4 is 43.8 Å². The van der Waals surface area contributed by atoms with E-state index in [0.717, 1.165) is 3.79 Å². The summed E-state index contributed by atoms with van der Waals surface area (Å²) < 4.78 is 2.30. The van der Waals surface area contributed by atoms with E-state index in [1.807, 2.05) is 0 Å². The van der Waals surface area contributed by atoms with Crippen LogP contribution in [0.25, 0.3) is 4.96 Å². The number of rotatable bonds is 0. The minimum absolute atomic E-state index is 0.160. The smallest absolute Gasteiger partial charge is 0.260 e. The first kappa shape index (κ1) is 8.22. The summed E-state index contributed by atoms with van der Waals surface area (Å²) in [6, 6.07) is 1.29. The average molecular weight is 266 g/mol. The molecule has 0 fully saturated rings. The topological polar surface area (TPSA) is 34.4 Å². The Hall–Kier alpha value is -0.390. The van der Waals surface area contributed by atoms with Crippen LogP contribution in [0.2, 0.25) is 5.15 Å². The second kappa shape index (κ2) is 2.83. The van der Waals surface area contributed by atoms with Crippen LogP contribution in [0, 0.1) is 0 Å². The molecule has 0 aliphatic rings. The zero-order valence-corrected chi connectivity index (χ0v) is 8.78. The maximum absolute atomic E-state index is 11.2. The summed E-state index contributed by atoms with van der Waals surface area (Å²) in [6.45, 7) is 0. The van der Waals surface area contributed by atoms with Crippen molar-refractivity contribution in [2.24, 2.45) is 0 Å². The minimum atomic E-state index is -0.160. The lowest BCUT2D eigenvalue weighted by Crippen LogP contribution is -2.10. The van der Waals surface area contributed by atoms with Gasteiger partial charge in [0.2, 0.25) is 0 Å². The van der Waals surface area contributed by atoms with Gasteiger partial charge in [-0.25, -0.2) is 4.98 Å². The maximum Gasteiger partial charge on any atom is 0.260 e. The van der Waals surface area contributed by atoms with E-state index in [1.54, 1.807) is 6.20 Å². The van der Waals surface area contributed by atoms with Crippen LogP contribution in [-0.2, 0) is 0 Å². The van der Waals surface area contributed by atoms with E-state index in [4.69, 9.17) is 11.6 Å². The molecular weight excluding hydrogens is 264 g/mol. The van der Waals surface area contributed by atoms with Gasteiger partial charge in [-0.3, -0.25) is 9.20 Å². The molecule has 0 radical (unpaired) electrons. The lowest BCUT2D eigenvalue weighted by molar-refractivity contribution is 1.08. The second-order valence-electron chi connectivity index (χ2n) is 2.10. The molecule has 0 aliphatic carbocycles. The van der Waals surface area contributed by atoms with E-state index >= 15 is 0 Å². The van der Waals surface area contributed by atoms with Crippen molar-refractivity contribution in [2.75, 3.05) is 0 Å². The Bertz CT molecular complexity index is 492. The monoisotopic (exact) mass is 264 g/mol. The quantitative estimate of drug-likeness (QED) is 0.684. The normalized spacial score (nSPS) is 10.8. The first-order valence-corrected chi connectivity index (χ1v) is 5.00. The lowest BCUT2D eigenvalue weighted by Gasteiger charge is -1.89. The number of halogens is 2. The SMILES string of the molecule is O=c1cc(Cl)nc2sc(Br)cn12. The number of hydrogen-bond donors (Lipinski definition) is 0. The molecule has 2 aromatic heterocycles. The summed E-state index contributed by atoms with van der Waals surface area (Å²) >= 11 is 10.2. The van der Waals surface area contributed by atoms with Gasteiger partial charge in [0.15, 0.2) is 4.96 Å². The Labute approximate surface area is 84.8 Å². The molecule has 12 heavy (non-hydrogen) atoms. The number of thiazole rings is 1. The van der Waals surface area contributed by atoms with Crippen LogP contribution in [0.5, 0.6) is 0 Å². The van der Waals surface area contributed by atoms with Gasteiger partial charge < -0.3 is 0 Å². The molecule has 62 valence electrons. The highest BCUT2D eigenvalue weighted by atomic mass is 79.9. The van der Waals surface area contributed by atoms with Gasteiger partial charge in [-0.05, 0) is 15.9 Å². The maximum atomic E-state index is 11.2. The summed E-state index contributed by atoms with van der Waals surface area (Å²) in [5.41, 5.74) is -0.160. The highest BCUT2D eigenvalue weighted by molar-refractivity contribution is 9.11. The molecule has 6 heteroatoms. The van der Waals surface area contributed by atoms with Gasteiger partial charge in [-0.1, -0.05) is 22.9 Å². The van der Waals surface area contributed by atoms with Gasteiger partial charge in [0, 0.05) is 12.3 Å². The number of fused-ring (bicyclic) bond motifs is 1. The molecule has 2 heterocycles. The predicted octanol–water partition coefficient (Wildman–Crippen LogP) is 2.17. The third kappa shape index (κ3) is 1.28. The summed E-state index contributed by atoms with van der Waals surface area (Å²) in [6.07, 6.45) is 1.67. The zero-order chi connectivity index (χ0) is 8.72. The summed E-state index contributed by atoms with van der Waals surface area (Å²) in [7, 11) is 0. The van der Waals surface area contributed by atoms with Crippen LogP contribution in [0.3, 0.4) is 0 Å². The largest absolute Gasteiger partial charge is 0.269 e. The van der Waals surface area contributed by atoms with Crippen LogP contribution < -0.4 is 5.56 Å². The Morgan fingerprint density at radius 3 is 3.17 bits per heavy atom. The first-order valence-electron chi connectivity index (χ1n) is 3.01.